The highest BCUT2D eigenvalue weighted by Crippen LogP contribution is 2.34. The Hall–Kier alpha value is -1.33. The quantitative estimate of drug-likeness (QED) is 0.890. The molecule has 0 amide bonds. The Morgan fingerprint density at radius 2 is 2.24 bits per heavy atom. The van der Waals surface area contributed by atoms with Gasteiger partial charge < -0.3 is 5.32 Å². The summed E-state index contributed by atoms with van der Waals surface area (Å²) in [5.41, 5.74) is 2.26. The smallest absolute Gasteiger partial charge is 0.0818 e. The van der Waals surface area contributed by atoms with E-state index in [1.54, 1.807) is 0 Å². The summed E-state index contributed by atoms with van der Waals surface area (Å²) < 4.78 is 1.98. The molecule has 2 atom stereocenters. The Morgan fingerprint density at radius 3 is 2.95 bits per heavy atom. The van der Waals surface area contributed by atoms with E-state index in [0.29, 0.717) is 12.0 Å². The topological polar surface area (TPSA) is 42.7 Å². The van der Waals surface area contributed by atoms with Crippen LogP contribution in [-0.2, 0) is 0 Å². The Labute approximate surface area is 130 Å². The summed E-state index contributed by atoms with van der Waals surface area (Å²) in [6.45, 7) is 3.24. The van der Waals surface area contributed by atoms with Crippen molar-refractivity contribution in [3.8, 4) is 5.69 Å². The predicted octanol–water partition coefficient (Wildman–Crippen LogP) is 3.06. The van der Waals surface area contributed by atoms with Gasteiger partial charge in [0.2, 0.25) is 0 Å². The van der Waals surface area contributed by atoms with Crippen molar-refractivity contribution in [1.29, 1.82) is 0 Å². The number of aromatic nitrogens is 3. The van der Waals surface area contributed by atoms with Crippen molar-refractivity contribution in [3.63, 3.8) is 0 Å². The number of hydrogen-bond donors (Lipinski definition) is 1. The van der Waals surface area contributed by atoms with Gasteiger partial charge in [-0.3, -0.25) is 0 Å². The van der Waals surface area contributed by atoms with E-state index in [9.17, 15) is 0 Å². The third-order valence-electron chi connectivity index (χ3n) is 3.95. The maximum atomic E-state index is 4.31. The van der Waals surface area contributed by atoms with Gasteiger partial charge in [0.1, 0.15) is 0 Å². The zero-order valence-electron chi connectivity index (χ0n) is 12.4. The minimum absolute atomic E-state index is 0.343. The van der Waals surface area contributed by atoms with Crippen molar-refractivity contribution >= 4 is 11.8 Å². The number of benzene rings is 1. The monoisotopic (exact) mass is 302 g/mol. The van der Waals surface area contributed by atoms with Crippen molar-refractivity contribution in [2.24, 2.45) is 5.92 Å². The van der Waals surface area contributed by atoms with E-state index in [2.05, 4.69) is 46.4 Å². The van der Waals surface area contributed by atoms with Crippen LogP contribution in [0.25, 0.3) is 5.69 Å². The summed E-state index contributed by atoms with van der Waals surface area (Å²) in [5.74, 6) is 3.16. The van der Waals surface area contributed by atoms with Crippen LogP contribution in [0.3, 0.4) is 0 Å². The molecular formula is C16H22N4S. The molecule has 0 radical (unpaired) electrons. The first kappa shape index (κ1) is 14.6. The van der Waals surface area contributed by atoms with Gasteiger partial charge in [0.05, 0.1) is 23.6 Å². The molecule has 4 nitrogen and oxygen atoms in total. The summed E-state index contributed by atoms with van der Waals surface area (Å²) in [7, 11) is 0. The van der Waals surface area contributed by atoms with Gasteiger partial charge in [-0.1, -0.05) is 30.3 Å². The highest BCUT2D eigenvalue weighted by atomic mass is 32.2. The molecule has 0 bridgehead atoms. The van der Waals surface area contributed by atoms with Crippen molar-refractivity contribution in [3.05, 3.63) is 42.2 Å². The number of nitrogens with one attached hydrogen (secondary N) is 1. The van der Waals surface area contributed by atoms with Gasteiger partial charge >= 0.3 is 0 Å². The van der Waals surface area contributed by atoms with Gasteiger partial charge in [-0.15, -0.1) is 5.10 Å². The molecule has 2 heterocycles. The molecule has 1 aromatic heterocycles. The summed E-state index contributed by atoms with van der Waals surface area (Å²) in [5, 5.41) is 12.2. The highest BCUT2D eigenvalue weighted by molar-refractivity contribution is 7.99. The molecule has 3 rings (SSSR count). The van der Waals surface area contributed by atoms with Gasteiger partial charge in [-0.2, -0.15) is 11.8 Å². The average molecular weight is 302 g/mol. The first-order valence-electron chi connectivity index (χ1n) is 7.67. The van der Waals surface area contributed by atoms with Crippen molar-refractivity contribution < 1.29 is 0 Å². The summed E-state index contributed by atoms with van der Waals surface area (Å²) >= 11 is 2.05. The third kappa shape index (κ3) is 3.30. The number of hydrogen-bond acceptors (Lipinski definition) is 4. The van der Waals surface area contributed by atoms with Crippen molar-refractivity contribution in [1.82, 2.24) is 20.3 Å². The molecule has 21 heavy (non-hydrogen) atoms. The molecule has 1 saturated heterocycles. The second-order valence-corrected chi connectivity index (χ2v) is 6.61. The lowest BCUT2D eigenvalue weighted by atomic mass is 9.96. The van der Waals surface area contributed by atoms with Gasteiger partial charge in [0, 0.05) is 0 Å². The minimum atomic E-state index is 0.343. The molecular weight excluding hydrogens is 280 g/mol. The van der Waals surface area contributed by atoms with E-state index >= 15 is 0 Å². The van der Waals surface area contributed by atoms with E-state index in [1.165, 1.54) is 23.6 Å². The first-order chi connectivity index (χ1) is 10.4. The second-order valence-electron chi connectivity index (χ2n) is 5.46. The fourth-order valence-electron chi connectivity index (χ4n) is 2.85. The van der Waals surface area contributed by atoms with Crippen LogP contribution in [0.2, 0.25) is 0 Å². The molecule has 0 aliphatic carbocycles. The Kier molecular flexibility index (Phi) is 4.93. The largest absolute Gasteiger partial charge is 0.308 e. The van der Waals surface area contributed by atoms with Crippen LogP contribution < -0.4 is 5.32 Å². The Balaban J connectivity index is 1.90. The normalized spacial score (nSPS) is 19.8. The minimum Gasteiger partial charge on any atom is -0.308 e. The SMILES string of the molecule is CCCNC(c1cnnn1-c1ccccc1)C1CCSC1. The van der Waals surface area contributed by atoms with E-state index in [4.69, 9.17) is 0 Å². The summed E-state index contributed by atoms with van der Waals surface area (Å²) in [6.07, 6.45) is 4.33. The lowest BCUT2D eigenvalue weighted by molar-refractivity contribution is 0.379. The van der Waals surface area contributed by atoms with Crippen LogP contribution in [0.15, 0.2) is 36.5 Å². The maximum Gasteiger partial charge on any atom is 0.0818 e. The number of thioether (sulfide) groups is 1. The fourth-order valence-corrected chi connectivity index (χ4v) is 4.15. The number of rotatable bonds is 6. The average Bonchev–Trinajstić information content (AvgIpc) is 3.20. The lowest BCUT2D eigenvalue weighted by Gasteiger charge is -2.24. The maximum absolute atomic E-state index is 4.31. The van der Waals surface area contributed by atoms with Crippen LogP contribution in [0.4, 0.5) is 0 Å². The van der Waals surface area contributed by atoms with Crippen LogP contribution in [-0.4, -0.2) is 33.0 Å². The molecule has 1 fully saturated rings. The van der Waals surface area contributed by atoms with E-state index < -0.39 is 0 Å². The molecule has 0 spiro atoms. The highest BCUT2D eigenvalue weighted by Gasteiger charge is 2.29. The van der Waals surface area contributed by atoms with Crippen LogP contribution >= 0.6 is 11.8 Å². The molecule has 2 aromatic rings. The Morgan fingerprint density at radius 1 is 1.38 bits per heavy atom. The molecule has 1 aliphatic heterocycles. The first-order valence-corrected chi connectivity index (χ1v) is 8.82. The fraction of sp³-hybridized carbons (Fsp3) is 0.500. The zero-order valence-corrected chi connectivity index (χ0v) is 13.2. The molecule has 112 valence electrons. The van der Waals surface area contributed by atoms with Crippen molar-refractivity contribution in [2.45, 2.75) is 25.8 Å². The molecule has 0 saturated carbocycles. The molecule has 1 aliphatic rings. The van der Waals surface area contributed by atoms with Gasteiger partial charge in [0.15, 0.2) is 0 Å². The molecule has 2 unspecified atom stereocenters. The van der Waals surface area contributed by atoms with Crippen LogP contribution in [0.5, 0.6) is 0 Å². The number of nitrogens with zero attached hydrogens (tertiary/aromatic N) is 3. The number of para-hydroxylation sites is 1. The molecule has 1 aromatic carbocycles. The van der Waals surface area contributed by atoms with Gasteiger partial charge in [-0.05, 0) is 48.9 Å². The lowest BCUT2D eigenvalue weighted by Crippen LogP contribution is -2.31. The van der Waals surface area contributed by atoms with Crippen molar-refractivity contribution in [2.75, 3.05) is 18.1 Å². The second kappa shape index (κ2) is 7.09. The standard InChI is InChI=1S/C16H22N4S/c1-2-9-17-16(13-8-10-21-12-13)15-11-18-19-20(15)14-6-4-3-5-7-14/h3-7,11,13,16-17H,2,8-10,12H2,1H3. The van der Waals surface area contributed by atoms with E-state index in [-0.39, 0.29) is 0 Å². The molecule has 5 heteroatoms. The predicted molar refractivity (Wildman–Crippen MR) is 87.8 cm³/mol. The molecule has 1 N–H and O–H groups in total. The third-order valence-corrected chi connectivity index (χ3v) is 5.13. The van der Waals surface area contributed by atoms with Gasteiger partial charge in [-0.25, -0.2) is 4.68 Å². The Bertz CT molecular complexity index is 548. The van der Waals surface area contributed by atoms with E-state index in [1.807, 2.05) is 29.1 Å². The van der Waals surface area contributed by atoms with Crippen LogP contribution in [0, 0.1) is 5.92 Å². The van der Waals surface area contributed by atoms with E-state index in [0.717, 1.165) is 18.7 Å². The van der Waals surface area contributed by atoms with Crippen LogP contribution in [0.1, 0.15) is 31.5 Å². The summed E-state index contributed by atoms with van der Waals surface area (Å²) in [6, 6.07) is 10.6. The summed E-state index contributed by atoms with van der Waals surface area (Å²) in [4.78, 5) is 0. The van der Waals surface area contributed by atoms with Gasteiger partial charge in [0.25, 0.3) is 0 Å². The zero-order chi connectivity index (χ0) is 14.5.